The molecule has 3 fully saturated rings. The fourth-order valence-corrected chi connectivity index (χ4v) is 3.78. The monoisotopic (exact) mass is 363 g/mol. The predicted octanol–water partition coefficient (Wildman–Crippen LogP) is 2.47. The summed E-state index contributed by atoms with van der Waals surface area (Å²) in [4.78, 5) is 2.06. The van der Waals surface area contributed by atoms with Crippen LogP contribution in [0.3, 0.4) is 0 Å². The Kier molecular flexibility index (Phi) is 4.34. The maximum atomic E-state index is 14.8. The van der Waals surface area contributed by atoms with Gasteiger partial charge in [-0.05, 0) is 45.3 Å². The second kappa shape index (κ2) is 6.19. The van der Waals surface area contributed by atoms with Crippen molar-refractivity contribution in [3.63, 3.8) is 0 Å². The highest BCUT2D eigenvalue weighted by Gasteiger charge is 2.51. The van der Waals surface area contributed by atoms with E-state index in [1.807, 2.05) is 39.8 Å². The van der Waals surface area contributed by atoms with Gasteiger partial charge in [-0.3, -0.25) is 0 Å². The highest BCUT2D eigenvalue weighted by atomic mass is 19.1. The number of benzene rings is 1. The minimum Gasteiger partial charge on any atom is -0.399 e. The Labute approximate surface area is 154 Å². The molecule has 3 aliphatic rings. The molecule has 1 aromatic carbocycles. The Balaban J connectivity index is 1.47. The molecule has 0 atom stereocenters. The van der Waals surface area contributed by atoms with Crippen molar-refractivity contribution in [3.05, 3.63) is 24.0 Å². The van der Waals surface area contributed by atoms with E-state index in [2.05, 4.69) is 4.90 Å². The minimum absolute atomic E-state index is 0.249. The van der Waals surface area contributed by atoms with Crippen LogP contribution in [0.5, 0.6) is 0 Å². The first kappa shape index (κ1) is 18.2. The first-order chi connectivity index (χ1) is 12.2. The van der Waals surface area contributed by atoms with Crippen LogP contribution in [0.25, 0.3) is 0 Å². The van der Waals surface area contributed by atoms with Gasteiger partial charge in [0, 0.05) is 25.9 Å². The van der Waals surface area contributed by atoms with E-state index in [1.54, 1.807) is 0 Å². The molecule has 0 aliphatic carbocycles. The summed E-state index contributed by atoms with van der Waals surface area (Å²) in [5.41, 5.74) is 0.448. The quantitative estimate of drug-likeness (QED) is 0.755. The zero-order chi connectivity index (χ0) is 18.6. The molecule has 0 radical (unpaired) electrons. The summed E-state index contributed by atoms with van der Waals surface area (Å²) >= 11 is 0. The number of halogens is 1. The summed E-state index contributed by atoms with van der Waals surface area (Å²) in [6.45, 7) is 10.7. The maximum Gasteiger partial charge on any atom is 0.494 e. The molecule has 0 amide bonds. The summed E-state index contributed by atoms with van der Waals surface area (Å²) in [6.07, 6.45) is 1.51. The van der Waals surface area contributed by atoms with Crippen molar-refractivity contribution in [3.8, 4) is 0 Å². The Hall–Kier alpha value is -1.15. The molecule has 0 bridgehead atoms. The third kappa shape index (κ3) is 3.05. The molecule has 5 nitrogen and oxygen atoms in total. The lowest BCUT2D eigenvalue weighted by atomic mass is 9.79. The Morgan fingerprint density at radius 2 is 1.54 bits per heavy atom. The van der Waals surface area contributed by atoms with Crippen LogP contribution in [0.2, 0.25) is 0 Å². The number of rotatable bonds is 2. The predicted molar refractivity (Wildman–Crippen MR) is 98.2 cm³/mol. The molecule has 0 saturated carbocycles. The fourth-order valence-electron chi connectivity index (χ4n) is 3.78. The summed E-state index contributed by atoms with van der Waals surface area (Å²) in [5, 5.41) is 0. The van der Waals surface area contributed by atoms with Gasteiger partial charge in [-0.1, -0.05) is 6.07 Å². The molecule has 1 aromatic rings. The average Bonchev–Trinajstić information content (AvgIpc) is 3.11. The molecule has 4 rings (SSSR count). The van der Waals surface area contributed by atoms with Crippen molar-refractivity contribution in [2.75, 3.05) is 31.2 Å². The first-order valence-corrected chi connectivity index (χ1v) is 9.39. The van der Waals surface area contributed by atoms with Gasteiger partial charge in [0.25, 0.3) is 0 Å². The van der Waals surface area contributed by atoms with E-state index in [4.69, 9.17) is 18.8 Å². The van der Waals surface area contributed by atoms with Gasteiger partial charge in [0.1, 0.15) is 5.82 Å². The highest BCUT2D eigenvalue weighted by Crippen LogP contribution is 2.37. The topological polar surface area (TPSA) is 40.2 Å². The first-order valence-electron chi connectivity index (χ1n) is 9.39. The van der Waals surface area contributed by atoms with Crippen molar-refractivity contribution in [2.45, 2.75) is 57.5 Å². The number of piperidine rings is 1. The lowest BCUT2D eigenvalue weighted by Gasteiger charge is -2.38. The van der Waals surface area contributed by atoms with Gasteiger partial charge in [-0.25, -0.2) is 4.39 Å². The van der Waals surface area contributed by atoms with Crippen molar-refractivity contribution in [2.24, 2.45) is 0 Å². The van der Waals surface area contributed by atoms with Crippen LogP contribution in [0, 0.1) is 5.82 Å². The van der Waals surface area contributed by atoms with E-state index >= 15 is 0 Å². The molecule has 3 heterocycles. The van der Waals surface area contributed by atoms with Crippen LogP contribution < -0.4 is 10.4 Å². The van der Waals surface area contributed by atoms with Crippen molar-refractivity contribution in [1.29, 1.82) is 0 Å². The Bertz CT molecular complexity index is 664. The van der Waals surface area contributed by atoms with Crippen LogP contribution in [0.15, 0.2) is 18.2 Å². The van der Waals surface area contributed by atoms with Crippen molar-refractivity contribution in [1.82, 2.24) is 0 Å². The van der Waals surface area contributed by atoms with Crippen LogP contribution >= 0.6 is 0 Å². The molecule has 3 saturated heterocycles. The highest BCUT2D eigenvalue weighted by molar-refractivity contribution is 6.62. The van der Waals surface area contributed by atoms with Crippen LogP contribution in [0.1, 0.15) is 40.5 Å². The third-order valence-electron chi connectivity index (χ3n) is 6.18. The van der Waals surface area contributed by atoms with Gasteiger partial charge in [0.15, 0.2) is 5.79 Å². The molecule has 0 N–H and O–H groups in total. The number of hydrogen-bond donors (Lipinski definition) is 0. The number of hydrogen-bond acceptors (Lipinski definition) is 5. The molecular weight excluding hydrogens is 336 g/mol. The van der Waals surface area contributed by atoms with E-state index in [0.717, 1.165) is 12.8 Å². The largest absolute Gasteiger partial charge is 0.494 e. The Morgan fingerprint density at radius 1 is 0.962 bits per heavy atom. The normalized spacial score (nSPS) is 26.7. The number of ether oxygens (including phenoxy) is 2. The van der Waals surface area contributed by atoms with E-state index in [0.29, 0.717) is 37.5 Å². The van der Waals surface area contributed by atoms with Crippen LogP contribution in [-0.4, -0.2) is 50.4 Å². The zero-order valence-electron chi connectivity index (χ0n) is 16.0. The van der Waals surface area contributed by atoms with Gasteiger partial charge >= 0.3 is 7.12 Å². The molecular formula is C19H27BFNO4. The smallest absolute Gasteiger partial charge is 0.399 e. The SMILES string of the molecule is CC1(C)OB(c2ccc(N3CCC4(CC3)OCCO4)c(F)c2)OC1(C)C. The summed E-state index contributed by atoms with van der Waals surface area (Å²) in [6, 6.07) is 5.25. The molecule has 0 aromatic heterocycles. The van der Waals surface area contributed by atoms with E-state index in [9.17, 15) is 4.39 Å². The van der Waals surface area contributed by atoms with E-state index in [-0.39, 0.29) is 5.82 Å². The van der Waals surface area contributed by atoms with Gasteiger partial charge in [0.05, 0.1) is 30.1 Å². The third-order valence-corrected chi connectivity index (χ3v) is 6.18. The van der Waals surface area contributed by atoms with E-state index < -0.39 is 24.1 Å². The minimum atomic E-state index is -0.548. The molecule has 26 heavy (non-hydrogen) atoms. The second-order valence-corrected chi connectivity index (χ2v) is 8.39. The van der Waals surface area contributed by atoms with Crippen LogP contribution in [0.4, 0.5) is 10.1 Å². The second-order valence-electron chi connectivity index (χ2n) is 8.39. The van der Waals surface area contributed by atoms with E-state index in [1.165, 1.54) is 6.07 Å². The molecule has 3 aliphatic heterocycles. The lowest BCUT2D eigenvalue weighted by Crippen LogP contribution is -2.45. The molecule has 0 unspecified atom stereocenters. The Morgan fingerprint density at radius 3 is 2.08 bits per heavy atom. The molecule has 142 valence electrons. The van der Waals surface area contributed by atoms with Gasteiger partial charge < -0.3 is 23.7 Å². The lowest BCUT2D eigenvalue weighted by molar-refractivity contribution is -0.169. The average molecular weight is 363 g/mol. The molecule has 7 heteroatoms. The summed E-state index contributed by atoms with van der Waals surface area (Å²) < 4.78 is 38.4. The zero-order valence-corrected chi connectivity index (χ0v) is 16.0. The van der Waals surface area contributed by atoms with Gasteiger partial charge in [-0.2, -0.15) is 0 Å². The van der Waals surface area contributed by atoms with Crippen LogP contribution in [-0.2, 0) is 18.8 Å². The molecule has 1 spiro atoms. The number of nitrogens with zero attached hydrogens (tertiary/aromatic N) is 1. The fraction of sp³-hybridized carbons (Fsp3) is 0.684. The summed E-state index contributed by atoms with van der Waals surface area (Å²) in [5.74, 6) is -0.697. The standard InChI is InChI=1S/C19H27BFNO4/c1-17(2)18(3,4)26-20(25-17)14-5-6-16(15(21)13-14)22-9-7-19(8-10-22)23-11-12-24-19/h5-6,13H,7-12H2,1-4H3. The van der Waals surface area contributed by atoms with Gasteiger partial charge in [-0.15, -0.1) is 0 Å². The van der Waals surface area contributed by atoms with Crippen molar-refractivity contribution >= 4 is 18.3 Å². The van der Waals surface area contributed by atoms with Gasteiger partial charge in [0.2, 0.25) is 0 Å². The summed E-state index contributed by atoms with van der Waals surface area (Å²) in [7, 11) is -0.548. The maximum absolute atomic E-state index is 14.8. The van der Waals surface area contributed by atoms with Crippen molar-refractivity contribution < 1.29 is 23.2 Å². The number of anilines is 1.